The van der Waals surface area contributed by atoms with Gasteiger partial charge >= 0.3 is 0 Å². The number of hydrogen-bond donors (Lipinski definition) is 2. The van der Waals surface area contributed by atoms with E-state index in [0.29, 0.717) is 24.0 Å². The molecule has 0 bridgehead atoms. The van der Waals surface area contributed by atoms with Gasteiger partial charge in [-0.3, -0.25) is 4.79 Å². The molecule has 1 aliphatic heterocycles. The highest BCUT2D eigenvalue weighted by Crippen LogP contribution is 2.26. The average molecular weight is 388 g/mol. The molecule has 2 aromatic heterocycles. The molecule has 4 aromatic rings. The molecular formula is C21H20N6O2. The molecule has 29 heavy (non-hydrogen) atoms. The molecule has 8 nitrogen and oxygen atoms in total. The third-order valence-corrected chi connectivity index (χ3v) is 5.10. The summed E-state index contributed by atoms with van der Waals surface area (Å²) in [6.07, 6.45) is 1.67. The van der Waals surface area contributed by atoms with E-state index in [-0.39, 0.29) is 11.9 Å². The topological polar surface area (TPSA) is 93.4 Å². The van der Waals surface area contributed by atoms with E-state index in [1.807, 2.05) is 48.5 Å². The fourth-order valence-corrected chi connectivity index (χ4v) is 3.60. The highest BCUT2D eigenvalue weighted by atomic mass is 16.5. The van der Waals surface area contributed by atoms with Crippen LogP contribution in [-0.2, 0) is 4.79 Å². The second kappa shape index (κ2) is 7.05. The Morgan fingerprint density at radius 2 is 2.07 bits per heavy atom. The largest absolute Gasteiger partial charge is 0.497 e. The summed E-state index contributed by atoms with van der Waals surface area (Å²) >= 11 is 0. The Morgan fingerprint density at radius 3 is 2.93 bits per heavy atom. The standard InChI is InChI=1S/C21H20N6O2/c1-29-14-7-4-6-13(12-14)18-25-19-15-8-2-3-9-16(15)23-21(27(19)26-18)24-17-10-5-11-22-20(17)28/h2-4,6-9,12,17H,5,10-11H2,1H3,(H,22,28)(H,23,24). The first-order valence-electron chi connectivity index (χ1n) is 9.57. The average Bonchev–Trinajstić information content (AvgIpc) is 3.22. The molecule has 0 aliphatic carbocycles. The summed E-state index contributed by atoms with van der Waals surface area (Å²) in [5.74, 6) is 1.79. The zero-order valence-corrected chi connectivity index (χ0v) is 15.9. The maximum Gasteiger partial charge on any atom is 0.242 e. The summed E-state index contributed by atoms with van der Waals surface area (Å²) in [5.41, 5.74) is 2.33. The van der Waals surface area contributed by atoms with Gasteiger partial charge in [0.05, 0.1) is 12.6 Å². The first-order chi connectivity index (χ1) is 14.2. The summed E-state index contributed by atoms with van der Waals surface area (Å²) < 4.78 is 7.00. The molecule has 1 unspecified atom stereocenters. The van der Waals surface area contributed by atoms with E-state index in [1.54, 1.807) is 11.6 Å². The molecule has 1 aliphatic rings. The van der Waals surface area contributed by atoms with Crippen molar-refractivity contribution in [2.24, 2.45) is 0 Å². The molecule has 1 saturated heterocycles. The number of carbonyl (C=O) groups is 1. The monoisotopic (exact) mass is 388 g/mol. The predicted molar refractivity (Wildman–Crippen MR) is 110 cm³/mol. The van der Waals surface area contributed by atoms with Gasteiger partial charge in [-0.1, -0.05) is 24.3 Å². The normalized spacial score (nSPS) is 16.7. The van der Waals surface area contributed by atoms with Crippen molar-refractivity contribution < 1.29 is 9.53 Å². The minimum atomic E-state index is -0.343. The van der Waals surface area contributed by atoms with Crippen LogP contribution in [0.2, 0.25) is 0 Å². The number of ether oxygens (including phenoxy) is 1. The minimum Gasteiger partial charge on any atom is -0.497 e. The fraction of sp³-hybridized carbons (Fsp3) is 0.238. The van der Waals surface area contributed by atoms with Crippen LogP contribution in [0.5, 0.6) is 5.75 Å². The summed E-state index contributed by atoms with van der Waals surface area (Å²) in [7, 11) is 1.63. The molecule has 1 fully saturated rings. The number of nitrogens with one attached hydrogen (secondary N) is 2. The number of amides is 1. The first-order valence-corrected chi connectivity index (χ1v) is 9.57. The zero-order chi connectivity index (χ0) is 19.8. The smallest absolute Gasteiger partial charge is 0.242 e. The van der Waals surface area contributed by atoms with Gasteiger partial charge in [-0.15, -0.1) is 5.10 Å². The number of methoxy groups -OCH3 is 1. The fourth-order valence-electron chi connectivity index (χ4n) is 3.60. The van der Waals surface area contributed by atoms with E-state index in [0.717, 1.165) is 35.1 Å². The van der Waals surface area contributed by atoms with Gasteiger partial charge < -0.3 is 15.4 Å². The van der Waals surface area contributed by atoms with Crippen molar-refractivity contribution in [3.63, 3.8) is 0 Å². The Balaban J connectivity index is 1.67. The molecule has 3 heterocycles. The van der Waals surface area contributed by atoms with Crippen LogP contribution >= 0.6 is 0 Å². The summed E-state index contributed by atoms with van der Waals surface area (Å²) in [4.78, 5) is 21.7. The Hall–Kier alpha value is -3.68. The molecule has 2 aromatic carbocycles. The SMILES string of the molecule is COc1cccc(-c2nc3c4ccccc4nc(NC4CCCNC4=O)n3n2)c1. The van der Waals surface area contributed by atoms with E-state index in [9.17, 15) is 4.79 Å². The number of piperidine rings is 1. The van der Waals surface area contributed by atoms with Crippen LogP contribution in [0, 0.1) is 0 Å². The summed E-state index contributed by atoms with van der Waals surface area (Å²) in [6, 6.07) is 15.1. The Bertz CT molecular complexity index is 1220. The summed E-state index contributed by atoms with van der Waals surface area (Å²) in [5, 5.41) is 11.7. The van der Waals surface area contributed by atoms with Crippen molar-refractivity contribution in [1.29, 1.82) is 0 Å². The van der Waals surface area contributed by atoms with Gasteiger partial charge in [0.25, 0.3) is 0 Å². The molecule has 0 saturated carbocycles. The number of nitrogens with zero attached hydrogens (tertiary/aromatic N) is 4. The highest BCUT2D eigenvalue weighted by molar-refractivity contribution is 5.93. The van der Waals surface area contributed by atoms with Crippen LogP contribution in [0.15, 0.2) is 48.5 Å². The van der Waals surface area contributed by atoms with Crippen molar-refractivity contribution in [3.8, 4) is 17.1 Å². The number of hydrogen-bond acceptors (Lipinski definition) is 6. The lowest BCUT2D eigenvalue weighted by Crippen LogP contribution is -2.44. The lowest BCUT2D eigenvalue weighted by atomic mass is 10.1. The number of rotatable bonds is 4. The number of benzene rings is 2. The maximum absolute atomic E-state index is 12.2. The van der Waals surface area contributed by atoms with Crippen molar-refractivity contribution in [3.05, 3.63) is 48.5 Å². The molecule has 2 N–H and O–H groups in total. The summed E-state index contributed by atoms with van der Waals surface area (Å²) in [6.45, 7) is 0.709. The van der Waals surface area contributed by atoms with E-state index in [2.05, 4.69) is 10.6 Å². The molecule has 8 heteroatoms. The van der Waals surface area contributed by atoms with E-state index in [4.69, 9.17) is 19.8 Å². The Kier molecular flexibility index (Phi) is 4.23. The van der Waals surface area contributed by atoms with Gasteiger partial charge in [-0.05, 0) is 37.1 Å². The van der Waals surface area contributed by atoms with Crippen LogP contribution in [-0.4, -0.2) is 45.2 Å². The van der Waals surface area contributed by atoms with E-state index in [1.165, 1.54) is 0 Å². The number of para-hydroxylation sites is 1. The van der Waals surface area contributed by atoms with Crippen LogP contribution in [0.25, 0.3) is 27.9 Å². The van der Waals surface area contributed by atoms with Crippen molar-refractivity contribution in [1.82, 2.24) is 24.9 Å². The van der Waals surface area contributed by atoms with Crippen LogP contribution in [0.3, 0.4) is 0 Å². The zero-order valence-electron chi connectivity index (χ0n) is 15.9. The maximum atomic E-state index is 12.2. The van der Waals surface area contributed by atoms with E-state index < -0.39 is 0 Å². The van der Waals surface area contributed by atoms with Gasteiger partial charge in [0.2, 0.25) is 11.9 Å². The molecule has 5 rings (SSSR count). The Labute approximate surface area is 166 Å². The molecule has 1 atom stereocenters. The second-order valence-corrected chi connectivity index (χ2v) is 6.99. The van der Waals surface area contributed by atoms with Crippen molar-refractivity contribution in [2.75, 3.05) is 19.0 Å². The number of fused-ring (bicyclic) bond motifs is 3. The van der Waals surface area contributed by atoms with Crippen LogP contribution in [0.4, 0.5) is 5.95 Å². The molecule has 146 valence electrons. The number of carbonyl (C=O) groups excluding carboxylic acids is 1. The first kappa shape index (κ1) is 17.4. The van der Waals surface area contributed by atoms with Gasteiger partial charge in [0.1, 0.15) is 11.8 Å². The predicted octanol–water partition coefficient (Wildman–Crippen LogP) is 2.64. The van der Waals surface area contributed by atoms with Gasteiger partial charge in [-0.25, -0.2) is 9.97 Å². The van der Waals surface area contributed by atoms with Gasteiger partial charge in [-0.2, -0.15) is 4.52 Å². The van der Waals surface area contributed by atoms with Crippen LogP contribution < -0.4 is 15.4 Å². The quantitative estimate of drug-likeness (QED) is 0.558. The number of anilines is 1. The number of aromatic nitrogens is 4. The van der Waals surface area contributed by atoms with Crippen molar-refractivity contribution >= 4 is 28.4 Å². The van der Waals surface area contributed by atoms with Gasteiger partial charge in [0, 0.05) is 17.5 Å². The second-order valence-electron chi connectivity index (χ2n) is 6.99. The third-order valence-electron chi connectivity index (χ3n) is 5.10. The minimum absolute atomic E-state index is 0.0208. The molecular weight excluding hydrogens is 368 g/mol. The van der Waals surface area contributed by atoms with Crippen LogP contribution in [0.1, 0.15) is 12.8 Å². The molecule has 0 radical (unpaired) electrons. The lowest BCUT2D eigenvalue weighted by molar-refractivity contribution is -0.123. The lowest BCUT2D eigenvalue weighted by Gasteiger charge is -2.23. The highest BCUT2D eigenvalue weighted by Gasteiger charge is 2.24. The Morgan fingerprint density at radius 1 is 1.17 bits per heavy atom. The van der Waals surface area contributed by atoms with Crippen molar-refractivity contribution in [2.45, 2.75) is 18.9 Å². The molecule has 0 spiro atoms. The van der Waals surface area contributed by atoms with Gasteiger partial charge in [0.15, 0.2) is 11.5 Å². The third kappa shape index (κ3) is 3.12. The molecule has 1 amide bonds. The van der Waals surface area contributed by atoms with E-state index >= 15 is 0 Å².